The van der Waals surface area contributed by atoms with Crippen LogP contribution >= 0.6 is 11.3 Å². The van der Waals surface area contributed by atoms with Crippen LogP contribution < -0.4 is 5.32 Å². The first-order chi connectivity index (χ1) is 11.8. The summed E-state index contributed by atoms with van der Waals surface area (Å²) in [6.45, 7) is 0. The fraction of sp³-hybridized carbons (Fsp3) is 0.263. The molecule has 4 nitrogen and oxygen atoms in total. The Morgan fingerprint density at radius 2 is 1.92 bits per heavy atom. The van der Waals surface area contributed by atoms with Crippen LogP contribution in [0.5, 0.6) is 0 Å². The molecule has 122 valence electrons. The SMILES string of the molecule is O=C(Nc1ccc(-c2ccn[nH]2)cc1)C1(c2cccs2)CCCC1. The van der Waals surface area contributed by atoms with Crippen LogP contribution in [-0.4, -0.2) is 16.1 Å². The predicted octanol–water partition coefficient (Wildman–Crippen LogP) is 4.59. The highest BCUT2D eigenvalue weighted by molar-refractivity contribution is 7.10. The predicted molar refractivity (Wildman–Crippen MR) is 97.1 cm³/mol. The Hall–Kier alpha value is -2.40. The van der Waals surface area contributed by atoms with Crippen LogP contribution in [0.1, 0.15) is 30.6 Å². The van der Waals surface area contributed by atoms with Gasteiger partial charge in [0.2, 0.25) is 5.91 Å². The van der Waals surface area contributed by atoms with Crippen molar-refractivity contribution in [2.24, 2.45) is 0 Å². The van der Waals surface area contributed by atoms with Gasteiger partial charge in [-0.25, -0.2) is 0 Å². The molecule has 2 N–H and O–H groups in total. The number of hydrogen-bond donors (Lipinski definition) is 2. The van der Waals surface area contributed by atoms with E-state index in [1.165, 1.54) is 4.88 Å². The number of H-pyrrole nitrogens is 1. The standard InChI is InChI=1S/C19H19N3OS/c23-18(19(10-1-2-11-19)17-4-3-13-24-17)21-15-7-5-14(6-8-15)16-9-12-20-22-16/h3-9,12-13H,1-2,10-11H2,(H,20,22)(H,21,23). The van der Waals surface area contributed by atoms with E-state index < -0.39 is 0 Å². The molecule has 4 rings (SSSR count). The third-order valence-electron chi connectivity index (χ3n) is 4.84. The lowest BCUT2D eigenvalue weighted by Gasteiger charge is -2.26. The summed E-state index contributed by atoms with van der Waals surface area (Å²) in [7, 11) is 0. The van der Waals surface area contributed by atoms with E-state index in [0.29, 0.717) is 0 Å². The molecule has 2 heterocycles. The van der Waals surface area contributed by atoms with Gasteiger partial charge in [0.15, 0.2) is 0 Å². The van der Waals surface area contributed by atoms with Crippen molar-refractivity contribution in [2.45, 2.75) is 31.1 Å². The molecule has 24 heavy (non-hydrogen) atoms. The van der Waals surface area contributed by atoms with Crippen molar-refractivity contribution in [1.29, 1.82) is 0 Å². The molecule has 5 heteroatoms. The Morgan fingerprint density at radius 3 is 2.54 bits per heavy atom. The topological polar surface area (TPSA) is 57.8 Å². The molecular weight excluding hydrogens is 318 g/mol. The number of carbonyl (C=O) groups excluding carboxylic acids is 1. The summed E-state index contributed by atoms with van der Waals surface area (Å²) >= 11 is 1.69. The Morgan fingerprint density at radius 1 is 1.12 bits per heavy atom. The van der Waals surface area contributed by atoms with Crippen molar-refractivity contribution < 1.29 is 4.79 Å². The van der Waals surface area contributed by atoms with Crippen molar-refractivity contribution in [3.8, 4) is 11.3 Å². The number of amides is 1. The van der Waals surface area contributed by atoms with Crippen molar-refractivity contribution in [3.05, 3.63) is 58.9 Å². The first-order valence-electron chi connectivity index (χ1n) is 8.23. The average molecular weight is 337 g/mol. The summed E-state index contributed by atoms with van der Waals surface area (Å²) in [5, 5.41) is 12.1. The normalized spacial score (nSPS) is 16.2. The quantitative estimate of drug-likeness (QED) is 0.731. The molecule has 1 saturated carbocycles. The van der Waals surface area contributed by atoms with Crippen LogP contribution in [0, 0.1) is 0 Å². The minimum atomic E-state index is -0.351. The zero-order chi connectivity index (χ0) is 16.4. The number of carbonyl (C=O) groups is 1. The van der Waals surface area contributed by atoms with E-state index in [1.807, 2.05) is 36.4 Å². The molecular formula is C19H19N3OS. The lowest BCUT2D eigenvalue weighted by molar-refractivity contribution is -0.121. The summed E-state index contributed by atoms with van der Waals surface area (Å²) in [5.74, 6) is 0.122. The number of aromatic nitrogens is 2. The largest absolute Gasteiger partial charge is 0.325 e. The second kappa shape index (κ2) is 6.24. The zero-order valence-corrected chi connectivity index (χ0v) is 14.1. The average Bonchev–Trinajstić information content (AvgIpc) is 3.36. The molecule has 0 radical (unpaired) electrons. The number of rotatable bonds is 4. The van der Waals surface area contributed by atoms with E-state index in [4.69, 9.17) is 0 Å². The van der Waals surface area contributed by atoms with Crippen molar-refractivity contribution in [1.82, 2.24) is 10.2 Å². The third kappa shape index (κ3) is 2.65. The molecule has 0 bridgehead atoms. The Balaban J connectivity index is 1.55. The summed E-state index contributed by atoms with van der Waals surface area (Å²) in [4.78, 5) is 14.2. The van der Waals surface area contributed by atoms with Gasteiger partial charge in [0.1, 0.15) is 0 Å². The molecule has 1 amide bonds. The molecule has 1 fully saturated rings. The number of hydrogen-bond acceptors (Lipinski definition) is 3. The first-order valence-corrected chi connectivity index (χ1v) is 9.11. The lowest BCUT2D eigenvalue weighted by Crippen LogP contribution is -2.37. The Bertz CT molecular complexity index is 801. The lowest BCUT2D eigenvalue weighted by atomic mass is 9.83. The van der Waals surface area contributed by atoms with Crippen molar-refractivity contribution in [3.63, 3.8) is 0 Å². The monoisotopic (exact) mass is 337 g/mol. The van der Waals surface area contributed by atoms with Crippen LogP contribution in [0.2, 0.25) is 0 Å². The minimum absolute atomic E-state index is 0.122. The van der Waals surface area contributed by atoms with Crippen molar-refractivity contribution in [2.75, 3.05) is 5.32 Å². The van der Waals surface area contributed by atoms with E-state index >= 15 is 0 Å². The molecule has 0 aliphatic heterocycles. The van der Waals surface area contributed by atoms with E-state index in [2.05, 4.69) is 27.0 Å². The smallest absolute Gasteiger partial charge is 0.235 e. The molecule has 2 aromatic heterocycles. The second-order valence-corrected chi connectivity index (χ2v) is 7.22. The maximum atomic E-state index is 13.0. The number of aromatic amines is 1. The van der Waals surface area contributed by atoms with Gasteiger partial charge in [-0.3, -0.25) is 9.89 Å². The highest BCUT2D eigenvalue weighted by atomic mass is 32.1. The fourth-order valence-corrected chi connectivity index (χ4v) is 4.50. The fourth-order valence-electron chi connectivity index (χ4n) is 3.52. The molecule has 0 spiro atoms. The van der Waals surface area contributed by atoms with Gasteiger partial charge in [-0.15, -0.1) is 11.3 Å². The third-order valence-corrected chi connectivity index (χ3v) is 5.91. The van der Waals surface area contributed by atoms with E-state index in [0.717, 1.165) is 42.6 Å². The zero-order valence-electron chi connectivity index (χ0n) is 13.3. The Labute approximate surface area is 144 Å². The van der Waals surface area contributed by atoms with Gasteiger partial charge in [0.25, 0.3) is 0 Å². The minimum Gasteiger partial charge on any atom is -0.325 e. The van der Waals surface area contributed by atoms with Crippen LogP contribution in [0.4, 0.5) is 5.69 Å². The second-order valence-electron chi connectivity index (χ2n) is 6.27. The van der Waals surface area contributed by atoms with E-state index in [1.54, 1.807) is 17.5 Å². The molecule has 1 aliphatic rings. The maximum absolute atomic E-state index is 13.0. The number of thiophene rings is 1. The van der Waals surface area contributed by atoms with Crippen LogP contribution in [-0.2, 0) is 10.2 Å². The highest BCUT2D eigenvalue weighted by Crippen LogP contribution is 2.44. The number of nitrogens with zero attached hydrogens (tertiary/aromatic N) is 1. The van der Waals surface area contributed by atoms with Gasteiger partial charge in [0, 0.05) is 16.8 Å². The number of anilines is 1. The van der Waals surface area contributed by atoms with Crippen molar-refractivity contribution >= 4 is 22.9 Å². The first kappa shape index (κ1) is 15.1. The van der Waals surface area contributed by atoms with Gasteiger partial charge in [-0.2, -0.15) is 5.10 Å². The summed E-state index contributed by atoms with van der Waals surface area (Å²) in [6.07, 6.45) is 5.83. The van der Waals surface area contributed by atoms with Crippen LogP contribution in [0.15, 0.2) is 54.0 Å². The van der Waals surface area contributed by atoms with E-state index in [-0.39, 0.29) is 11.3 Å². The Kier molecular flexibility index (Phi) is 3.94. The molecule has 0 unspecified atom stereocenters. The molecule has 3 aromatic rings. The molecule has 0 saturated heterocycles. The van der Waals surface area contributed by atoms with Gasteiger partial charge < -0.3 is 5.32 Å². The summed E-state index contributed by atoms with van der Waals surface area (Å²) in [5.41, 5.74) is 2.51. The van der Waals surface area contributed by atoms with Gasteiger partial charge in [-0.1, -0.05) is 31.0 Å². The van der Waals surface area contributed by atoms with Crippen LogP contribution in [0.25, 0.3) is 11.3 Å². The highest BCUT2D eigenvalue weighted by Gasteiger charge is 2.43. The number of nitrogens with one attached hydrogen (secondary N) is 2. The number of benzene rings is 1. The van der Waals surface area contributed by atoms with Crippen LogP contribution in [0.3, 0.4) is 0 Å². The summed E-state index contributed by atoms with van der Waals surface area (Å²) < 4.78 is 0. The molecule has 0 atom stereocenters. The summed E-state index contributed by atoms with van der Waals surface area (Å²) in [6, 6.07) is 13.9. The van der Waals surface area contributed by atoms with Gasteiger partial charge >= 0.3 is 0 Å². The molecule has 1 aromatic carbocycles. The maximum Gasteiger partial charge on any atom is 0.235 e. The van der Waals surface area contributed by atoms with E-state index in [9.17, 15) is 4.79 Å². The van der Waals surface area contributed by atoms with Gasteiger partial charge in [0.05, 0.1) is 11.1 Å². The van der Waals surface area contributed by atoms with Gasteiger partial charge in [-0.05, 0) is 48.1 Å². The molecule has 1 aliphatic carbocycles.